The van der Waals surface area contributed by atoms with Crippen molar-refractivity contribution < 1.29 is 14.7 Å². The van der Waals surface area contributed by atoms with Crippen LogP contribution in [0.5, 0.6) is 0 Å². The number of aliphatic carboxylic acids is 1. The first-order valence-electron chi connectivity index (χ1n) is 5.06. The number of ketones is 1. The van der Waals surface area contributed by atoms with Crippen LogP contribution in [0, 0.1) is 5.92 Å². The molecule has 3 nitrogen and oxygen atoms in total. The number of carboxylic acid groups (broad SMARTS) is 1. The summed E-state index contributed by atoms with van der Waals surface area (Å²) >= 11 is 0. The Kier molecular flexibility index (Phi) is 4.00. The van der Waals surface area contributed by atoms with Crippen molar-refractivity contribution in [1.82, 2.24) is 0 Å². The highest BCUT2D eigenvalue weighted by Crippen LogP contribution is 2.12. The number of rotatable bonds is 4. The largest absolute Gasteiger partial charge is 0.478 e. The van der Waals surface area contributed by atoms with Crippen LogP contribution in [0.1, 0.15) is 19.4 Å². The summed E-state index contributed by atoms with van der Waals surface area (Å²) in [4.78, 5) is 22.6. The fraction of sp³-hybridized carbons (Fsp3) is 0.231. The highest BCUT2D eigenvalue weighted by Gasteiger charge is 2.19. The summed E-state index contributed by atoms with van der Waals surface area (Å²) < 4.78 is 0. The molecule has 0 spiro atoms. The Morgan fingerprint density at radius 2 is 1.75 bits per heavy atom. The molecular weight excluding hydrogens is 204 g/mol. The van der Waals surface area contributed by atoms with Gasteiger partial charge in [0, 0.05) is 5.92 Å². The van der Waals surface area contributed by atoms with E-state index in [1.807, 2.05) is 6.07 Å². The second-order valence-electron chi connectivity index (χ2n) is 3.79. The lowest BCUT2D eigenvalue weighted by atomic mass is 9.99. The molecule has 1 N–H and O–H groups in total. The van der Waals surface area contributed by atoms with Gasteiger partial charge in [-0.3, -0.25) is 4.79 Å². The number of benzene rings is 1. The topological polar surface area (TPSA) is 54.4 Å². The van der Waals surface area contributed by atoms with E-state index in [0.29, 0.717) is 5.56 Å². The van der Waals surface area contributed by atoms with Crippen LogP contribution in [0.2, 0.25) is 0 Å². The van der Waals surface area contributed by atoms with Crippen molar-refractivity contribution in [3.8, 4) is 0 Å². The van der Waals surface area contributed by atoms with Gasteiger partial charge in [0.1, 0.15) is 5.57 Å². The molecule has 0 aliphatic rings. The van der Waals surface area contributed by atoms with E-state index in [9.17, 15) is 9.59 Å². The standard InChI is InChI=1S/C13H14O3/c1-9(2)12(14)11(13(15)16)8-10-6-4-3-5-7-10/h3-9H,1-2H3,(H,15,16). The van der Waals surface area contributed by atoms with Crippen molar-refractivity contribution in [3.63, 3.8) is 0 Å². The average Bonchev–Trinajstić information content (AvgIpc) is 2.26. The fourth-order valence-electron chi connectivity index (χ4n) is 1.27. The maximum absolute atomic E-state index is 11.6. The van der Waals surface area contributed by atoms with Gasteiger partial charge in [-0.15, -0.1) is 0 Å². The lowest BCUT2D eigenvalue weighted by molar-refractivity contribution is -0.135. The van der Waals surface area contributed by atoms with Crippen molar-refractivity contribution in [2.24, 2.45) is 5.92 Å². The van der Waals surface area contributed by atoms with E-state index in [4.69, 9.17) is 5.11 Å². The smallest absolute Gasteiger partial charge is 0.339 e. The van der Waals surface area contributed by atoms with Gasteiger partial charge in [-0.2, -0.15) is 0 Å². The van der Waals surface area contributed by atoms with Gasteiger partial charge < -0.3 is 5.11 Å². The number of hydrogen-bond donors (Lipinski definition) is 1. The van der Waals surface area contributed by atoms with Crippen LogP contribution in [0.25, 0.3) is 6.08 Å². The van der Waals surface area contributed by atoms with Gasteiger partial charge in [-0.25, -0.2) is 4.79 Å². The molecule has 0 heterocycles. The predicted molar refractivity (Wildman–Crippen MR) is 61.9 cm³/mol. The number of hydrogen-bond acceptors (Lipinski definition) is 2. The van der Waals surface area contributed by atoms with Gasteiger partial charge in [0.15, 0.2) is 5.78 Å². The molecule has 1 aromatic carbocycles. The van der Waals surface area contributed by atoms with Crippen LogP contribution < -0.4 is 0 Å². The maximum Gasteiger partial charge on any atom is 0.339 e. The lowest BCUT2D eigenvalue weighted by Gasteiger charge is -2.04. The van der Waals surface area contributed by atoms with E-state index in [0.717, 1.165) is 0 Å². The van der Waals surface area contributed by atoms with Crippen LogP contribution in [-0.4, -0.2) is 16.9 Å². The number of Topliss-reactive ketones (excluding diaryl/α,β-unsaturated/α-hetero) is 1. The minimum Gasteiger partial charge on any atom is -0.478 e. The number of carbonyl (C=O) groups excluding carboxylic acids is 1. The Bertz CT molecular complexity index is 416. The molecular formula is C13H14O3. The van der Waals surface area contributed by atoms with Crippen molar-refractivity contribution in [1.29, 1.82) is 0 Å². The van der Waals surface area contributed by atoms with Crippen molar-refractivity contribution >= 4 is 17.8 Å². The van der Waals surface area contributed by atoms with Gasteiger partial charge in [0.25, 0.3) is 0 Å². The Labute approximate surface area is 94.4 Å². The van der Waals surface area contributed by atoms with Crippen LogP contribution in [0.3, 0.4) is 0 Å². The summed E-state index contributed by atoms with van der Waals surface area (Å²) in [6.07, 6.45) is 1.41. The molecule has 0 aliphatic carbocycles. The monoisotopic (exact) mass is 218 g/mol. The van der Waals surface area contributed by atoms with Crippen LogP contribution in [0.15, 0.2) is 35.9 Å². The Hall–Kier alpha value is -1.90. The average molecular weight is 218 g/mol. The zero-order valence-electron chi connectivity index (χ0n) is 9.31. The lowest BCUT2D eigenvalue weighted by Crippen LogP contribution is -2.17. The molecule has 1 aromatic rings. The minimum atomic E-state index is -1.18. The Morgan fingerprint density at radius 1 is 1.19 bits per heavy atom. The van der Waals surface area contributed by atoms with Crippen LogP contribution in [-0.2, 0) is 9.59 Å². The Morgan fingerprint density at radius 3 is 2.19 bits per heavy atom. The van der Waals surface area contributed by atoms with E-state index < -0.39 is 5.97 Å². The maximum atomic E-state index is 11.6. The summed E-state index contributed by atoms with van der Waals surface area (Å²) in [6, 6.07) is 8.95. The quantitative estimate of drug-likeness (QED) is 0.479. The molecule has 84 valence electrons. The zero-order chi connectivity index (χ0) is 12.1. The summed E-state index contributed by atoms with van der Waals surface area (Å²) in [7, 11) is 0. The highest BCUT2D eigenvalue weighted by molar-refractivity contribution is 6.20. The van der Waals surface area contributed by atoms with Gasteiger partial charge >= 0.3 is 5.97 Å². The summed E-state index contributed by atoms with van der Waals surface area (Å²) in [5.41, 5.74) is 0.551. The molecule has 0 amide bonds. The zero-order valence-corrected chi connectivity index (χ0v) is 9.31. The molecule has 0 radical (unpaired) electrons. The third-order valence-corrected chi connectivity index (χ3v) is 2.13. The van der Waals surface area contributed by atoms with Crippen molar-refractivity contribution in [2.75, 3.05) is 0 Å². The molecule has 0 saturated carbocycles. The first kappa shape index (κ1) is 12.2. The molecule has 0 fully saturated rings. The third-order valence-electron chi connectivity index (χ3n) is 2.13. The van der Waals surface area contributed by atoms with Crippen LogP contribution in [0.4, 0.5) is 0 Å². The molecule has 0 saturated heterocycles. The van der Waals surface area contributed by atoms with E-state index in [-0.39, 0.29) is 17.3 Å². The van der Waals surface area contributed by atoms with Crippen molar-refractivity contribution in [2.45, 2.75) is 13.8 Å². The molecule has 1 rings (SSSR count). The summed E-state index contributed by atoms with van der Waals surface area (Å²) in [5.74, 6) is -1.84. The highest BCUT2D eigenvalue weighted by atomic mass is 16.4. The fourth-order valence-corrected chi connectivity index (χ4v) is 1.27. The summed E-state index contributed by atoms with van der Waals surface area (Å²) in [6.45, 7) is 3.37. The molecule has 3 heteroatoms. The van der Waals surface area contributed by atoms with Gasteiger partial charge in [0.2, 0.25) is 0 Å². The first-order chi connectivity index (χ1) is 7.52. The van der Waals surface area contributed by atoms with E-state index >= 15 is 0 Å². The van der Waals surface area contributed by atoms with Gasteiger partial charge in [-0.1, -0.05) is 44.2 Å². The predicted octanol–water partition coefficient (Wildman–Crippen LogP) is 2.38. The molecule has 0 aliphatic heterocycles. The number of carboxylic acids is 1. The third kappa shape index (κ3) is 3.05. The minimum absolute atomic E-state index is 0.166. The summed E-state index contributed by atoms with van der Waals surface area (Å²) in [5, 5.41) is 8.96. The number of carbonyl (C=O) groups is 2. The molecule has 0 bridgehead atoms. The van der Waals surface area contributed by atoms with Gasteiger partial charge in [-0.05, 0) is 11.6 Å². The molecule has 0 atom stereocenters. The second kappa shape index (κ2) is 5.26. The van der Waals surface area contributed by atoms with E-state index in [2.05, 4.69) is 0 Å². The second-order valence-corrected chi connectivity index (χ2v) is 3.79. The molecule has 0 unspecified atom stereocenters. The first-order valence-corrected chi connectivity index (χ1v) is 5.06. The normalized spacial score (nSPS) is 11.6. The Balaban J connectivity index is 3.09. The van der Waals surface area contributed by atoms with Gasteiger partial charge in [0.05, 0.1) is 0 Å². The molecule has 0 aromatic heterocycles. The van der Waals surface area contributed by atoms with Crippen molar-refractivity contribution in [3.05, 3.63) is 41.5 Å². The van der Waals surface area contributed by atoms with E-state index in [1.54, 1.807) is 38.1 Å². The SMILES string of the molecule is CC(C)C(=O)C(=Cc1ccccc1)C(=O)O. The molecule has 16 heavy (non-hydrogen) atoms. The van der Waals surface area contributed by atoms with E-state index in [1.165, 1.54) is 6.08 Å². The van der Waals surface area contributed by atoms with Crippen LogP contribution >= 0.6 is 0 Å².